The van der Waals surface area contributed by atoms with Crippen LogP contribution in [-0.2, 0) is 9.53 Å². The predicted molar refractivity (Wildman–Crippen MR) is 87.0 cm³/mol. The highest BCUT2D eigenvalue weighted by Gasteiger charge is 2.31. The second-order valence-corrected chi connectivity index (χ2v) is 7.07. The van der Waals surface area contributed by atoms with E-state index in [9.17, 15) is 4.79 Å². The van der Waals surface area contributed by atoms with Crippen molar-refractivity contribution in [1.29, 1.82) is 0 Å². The van der Waals surface area contributed by atoms with Crippen molar-refractivity contribution in [3.05, 3.63) is 11.6 Å². The summed E-state index contributed by atoms with van der Waals surface area (Å²) >= 11 is 0. The van der Waals surface area contributed by atoms with Crippen LogP contribution < -0.4 is 0 Å². The van der Waals surface area contributed by atoms with Gasteiger partial charge in [0.25, 0.3) is 0 Å². The van der Waals surface area contributed by atoms with E-state index in [1.165, 1.54) is 32.1 Å². The predicted octanol–water partition coefficient (Wildman–Crippen LogP) is 5.13. The maximum absolute atomic E-state index is 12.4. The first-order valence-corrected chi connectivity index (χ1v) is 9.04. The van der Waals surface area contributed by atoms with Gasteiger partial charge in [-0.25, -0.2) is 4.79 Å². The van der Waals surface area contributed by atoms with Gasteiger partial charge in [-0.2, -0.15) is 0 Å². The van der Waals surface area contributed by atoms with E-state index >= 15 is 0 Å². The monoisotopic (exact) mass is 292 g/mol. The van der Waals surface area contributed by atoms with E-state index in [1.54, 1.807) is 0 Å². The lowest BCUT2D eigenvalue weighted by Crippen LogP contribution is -2.18. The van der Waals surface area contributed by atoms with Crippen LogP contribution in [0.3, 0.4) is 0 Å². The number of rotatable bonds is 6. The largest absolute Gasteiger partial charge is 0.463 e. The Morgan fingerprint density at radius 3 is 2.43 bits per heavy atom. The summed E-state index contributed by atoms with van der Waals surface area (Å²) in [6.07, 6.45) is 12.4. The van der Waals surface area contributed by atoms with E-state index in [1.807, 2.05) is 6.92 Å². The topological polar surface area (TPSA) is 26.3 Å². The van der Waals surface area contributed by atoms with Gasteiger partial charge in [0, 0.05) is 5.57 Å². The van der Waals surface area contributed by atoms with Gasteiger partial charge in [0.15, 0.2) is 0 Å². The maximum Gasteiger partial charge on any atom is 0.333 e. The van der Waals surface area contributed by atoms with Crippen molar-refractivity contribution in [2.24, 2.45) is 23.7 Å². The molecule has 0 N–H and O–H groups in total. The van der Waals surface area contributed by atoms with E-state index in [0.29, 0.717) is 18.4 Å². The van der Waals surface area contributed by atoms with Crippen molar-refractivity contribution < 1.29 is 9.53 Å². The fourth-order valence-corrected chi connectivity index (χ4v) is 4.28. The van der Waals surface area contributed by atoms with E-state index in [2.05, 4.69) is 19.9 Å². The second-order valence-electron chi connectivity index (χ2n) is 7.07. The Kier molecular flexibility index (Phi) is 6.32. The van der Waals surface area contributed by atoms with Gasteiger partial charge < -0.3 is 4.74 Å². The zero-order valence-corrected chi connectivity index (χ0v) is 14.1. The first-order chi connectivity index (χ1) is 10.2. The number of ether oxygens (including phenoxy) is 1. The minimum absolute atomic E-state index is 0.0481. The van der Waals surface area contributed by atoms with Gasteiger partial charge in [-0.1, -0.05) is 39.2 Å². The number of esters is 1. The van der Waals surface area contributed by atoms with Crippen LogP contribution in [0.5, 0.6) is 0 Å². The molecule has 0 aliphatic heterocycles. The molecular formula is C19H32O2. The summed E-state index contributed by atoms with van der Waals surface area (Å²) in [4.78, 5) is 12.4. The van der Waals surface area contributed by atoms with Gasteiger partial charge in [-0.3, -0.25) is 0 Å². The highest BCUT2D eigenvalue weighted by molar-refractivity contribution is 5.89. The molecule has 0 heterocycles. The minimum Gasteiger partial charge on any atom is -0.463 e. The summed E-state index contributed by atoms with van der Waals surface area (Å²) in [6, 6.07) is 0. The van der Waals surface area contributed by atoms with Crippen LogP contribution in [0.1, 0.15) is 72.1 Å². The van der Waals surface area contributed by atoms with Crippen LogP contribution in [0.15, 0.2) is 11.6 Å². The third-order valence-electron chi connectivity index (χ3n) is 5.52. The van der Waals surface area contributed by atoms with E-state index in [0.717, 1.165) is 36.7 Å². The summed E-state index contributed by atoms with van der Waals surface area (Å²) < 4.78 is 5.35. The van der Waals surface area contributed by atoms with Crippen LogP contribution in [0, 0.1) is 23.7 Å². The van der Waals surface area contributed by atoms with Gasteiger partial charge in [0.1, 0.15) is 0 Å². The lowest BCUT2D eigenvalue weighted by atomic mass is 9.84. The van der Waals surface area contributed by atoms with Crippen molar-refractivity contribution in [2.45, 2.75) is 72.1 Å². The molecule has 21 heavy (non-hydrogen) atoms. The molecule has 3 unspecified atom stereocenters. The summed E-state index contributed by atoms with van der Waals surface area (Å²) in [7, 11) is 0. The molecule has 2 aliphatic rings. The lowest BCUT2D eigenvalue weighted by Gasteiger charge is -2.22. The number of hydrogen-bond acceptors (Lipinski definition) is 2. The molecule has 3 atom stereocenters. The van der Waals surface area contributed by atoms with Crippen LogP contribution in [-0.4, -0.2) is 12.6 Å². The van der Waals surface area contributed by atoms with E-state index in [-0.39, 0.29) is 5.97 Å². The highest BCUT2D eigenvalue weighted by Crippen LogP contribution is 2.39. The maximum atomic E-state index is 12.4. The van der Waals surface area contributed by atoms with Crippen LogP contribution in [0.25, 0.3) is 0 Å². The Bertz CT molecular complexity index is 366. The molecule has 2 rings (SSSR count). The van der Waals surface area contributed by atoms with Gasteiger partial charge in [0.2, 0.25) is 0 Å². The Hall–Kier alpha value is -0.790. The number of hydrogen-bond donors (Lipinski definition) is 0. The molecule has 0 radical (unpaired) electrons. The minimum atomic E-state index is -0.0481. The van der Waals surface area contributed by atoms with Crippen molar-refractivity contribution >= 4 is 5.97 Å². The number of allylic oxidation sites excluding steroid dienone is 1. The molecule has 0 aromatic carbocycles. The molecule has 0 amide bonds. The molecule has 0 aromatic heterocycles. The van der Waals surface area contributed by atoms with Gasteiger partial charge >= 0.3 is 5.97 Å². The van der Waals surface area contributed by atoms with Crippen molar-refractivity contribution in [2.75, 3.05) is 6.61 Å². The fraction of sp³-hybridized carbons (Fsp3) is 0.842. The van der Waals surface area contributed by atoms with Crippen LogP contribution in [0.4, 0.5) is 0 Å². The van der Waals surface area contributed by atoms with Gasteiger partial charge in [-0.05, 0) is 62.7 Å². The third kappa shape index (κ3) is 4.34. The molecule has 0 spiro atoms. The second kappa shape index (κ2) is 8.00. The first-order valence-electron chi connectivity index (χ1n) is 9.04. The molecule has 0 bridgehead atoms. The van der Waals surface area contributed by atoms with E-state index in [4.69, 9.17) is 4.74 Å². The van der Waals surface area contributed by atoms with Crippen molar-refractivity contribution in [3.63, 3.8) is 0 Å². The highest BCUT2D eigenvalue weighted by atomic mass is 16.5. The Morgan fingerprint density at radius 2 is 1.90 bits per heavy atom. The number of carbonyl (C=O) groups is 1. The van der Waals surface area contributed by atoms with Crippen molar-refractivity contribution in [3.8, 4) is 0 Å². The molecule has 2 fully saturated rings. The van der Waals surface area contributed by atoms with E-state index < -0.39 is 0 Å². The van der Waals surface area contributed by atoms with Crippen LogP contribution in [0.2, 0.25) is 0 Å². The molecule has 0 aromatic rings. The molecule has 2 nitrogen and oxygen atoms in total. The number of carbonyl (C=O) groups excluding carboxylic acids is 1. The molecule has 2 aliphatic carbocycles. The zero-order valence-electron chi connectivity index (χ0n) is 14.1. The Morgan fingerprint density at radius 1 is 1.19 bits per heavy atom. The Balaban J connectivity index is 2.15. The summed E-state index contributed by atoms with van der Waals surface area (Å²) in [6.45, 7) is 6.95. The van der Waals surface area contributed by atoms with Crippen molar-refractivity contribution in [1.82, 2.24) is 0 Å². The Labute approximate surface area is 130 Å². The first kappa shape index (κ1) is 16.6. The zero-order chi connectivity index (χ0) is 15.2. The molecule has 0 saturated heterocycles. The SMILES string of the molecule is CCOC(=O)C(=CC(CC)C1CCCC1)C1CCC(C)C1. The average molecular weight is 292 g/mol. The summed E-state index contributed by atoms with van der Waals surface area (Å²) in [5.41, 5.74) is 1.000. The normalized spacial score (nSPS) is 28.8. The quantitative estimate of drug-likeness (QED) is 0.501. The third-order valence-corrected chi connectivity index (χ3v) is 5.52. The van der Waals surface area contributed by atoms with Gasteiger partial charge in [-0.15, -0.1) is 0 Å². The average Bonchev–Trinajstić information content (AvgIpc) is 3.12. The molecule has 120 valence electrons. The summed E-state index contributed by atoms with van der Waals surface area (Å²) in [5, 5.41) is 0. The lowest BCUT2D eigenvalue weighted by molar-refractivity contribution is -0.139. The molecular weight excluding hydrogens is 260 g/mol. The smallest absolute Gasteiger partial charge is 0.333 e. The standard InChI is InChI=1S/C19H32O2/c1-4-15(16-8-6-7-9-16)13-18(19(20)21-5-2)17-11-10-14(3)12-17/h13-17H,4-12H2,1-3H3. The van der Waals surface area contributed by atoms with Crippen LogP contribution >= 0.6 is 0 Å². The summed E-state index contributed by atoms with van der Waals surface area (Å²) in [5.74, 6) is 2.50. The molecule has 2 saturated carbocycles. The molecule has 2 heteroatoms. The van der Waals surface area contributed by atoms with Gasteiger partial charge in [0.05, 0.1) is 6.61 Å². The fourth-order valence-electron chi connectivity index (χ4n) is 4.28.